The lowest BCUT2D eigenvalue weighted by molar-refractivity contribution is 0.444. The van der Waals surface area contributed by atoms with Crippen LogP contribution in [0.2, 0.25) is 0 Å². The molecule has 1 N–H and O–H groups in total. The number of hydrogen-bond acceptors (Lipinski definition) is 2. The van der Waals surface area contributed by atoms with Gasteiger partial charge in [-0.15, -0.1) is 0 Å². The lowest BCUT2D eigenvalue weighted by atomic mass is 9.79. The maximum atomic E-state index is 13.3. The molecule has 0 unspecified atom stereocenters. The van der Waals surface area contributed by atoms with Gasteiger partial charge in [0.25, 0.3) is 0 Å². The molecule has 0 fully saturated rings. The van der Waals surface area contributed by atoms with Gasteiger partial charge in [-0.3, -0.25) is 4.99 Å². The van der Waals surface area contributed by atoms with Gasteiger partial charge in [-0.25, -0.2) is 13.2 Å². The Morgan fingerprint density at radius 3 is 1.85 bits per heavy atom. The second-order valence-electron chi connectivity index (χ2n) is 8.44. The lowest BCUT2D eigenvalue weighted by Crippen LogP contribution is -2.17. The normalized spacial score (nSPS) is 12.8. The van der Waals surface area contributed by atoms with E-state index in [-0.39, 0.29) is 22.3 Å². The molecule has 0 saturated carbocycles. The Morgan fingerprint density at radius 2 is 1.38 bits per heavy atom. The summed E-state index contributed by atoms with van der Waals surface area (Å²) in [6, 6.07) is 5.38. The van der Waals surface area contributed by atoms with Gasteiger partial charge < -0.3 is 5.11 Å². The van der Waals surface area contributed by atoms with Crippen molar-refractivity contribution in [3.05, 3.63) is 58.4 Å². The number of benzene rings is 2. The Morgan fingerprint density at radius 1 is 0.846 bits per heavy atom. The fourth-order valence-electron chi connectivity index (χ4n) is 2.52. The van der Waals surface area contributed by atoms with Crippen LogP contribution in [0.4, 0.5) is 18.9 Å². The van der Waals surface area contributed by atoms with Crippen LogP contribution in [0.15, 0.2) is 29.3 Å². The zero-order valence-electron chi connectivity index (χ0n) is 15.9. The number of phenols is 1. The summed E-state index contributed by atoms with van der Waals surface area (Å²) in [6.45, 7) is 12.1. The smallest absolute Gasteiger partial charge is 0.194 e. The summed E-state index contributed by atoms with van der Waals surface area (Å²) in [5, 5.41) is 10.6. The molecule has 2 nitrogen and oxygen atoms in total. The van der Waals surface area contributed by atoms with E-state index in [1.54, 1.807) is 6.07 Å². The number of rotatable bonds is 2. The van der Waals surface area contributed by atoms with E-state index < -0.39 is 17.5 Å². The SMILES string of the molecule is CC(C)(C)c1cc(C=Nc2cc(F)c(F)c(F)c2)c(O)c(C(C)(C)C)c1. The third-order valence-electron chi connectivity index (χ3n) is 4.13. The molecular weight excluding hydrogens is 339 g/mol. The van der Waals surface area contributed by atoms with Crippen molar-refractivity contribution < 1.29 is 18.3 Å². The maximum Gasteiger partial charge on any atom is 0.194 e. The van der Waals surface area contributed by atoms with E-state index in [0.717, 1.165) is 23.3 Å². The van der Waals surface area contributed by atoms with Gasteiger partial charge in [-0.05, 0) is 22.5 Å². The van der Waals surface area contributed by atoms with Crippen molar-refractivity contribution in [2.75, 3.05) is 0 Å². The molecule has 0 aliphatic heterocycles. The van der Waals surface area contributed by atoms with Crippen molar-refractivity contribution in [3.8, 4) is 5.75 Å². The molecule has 0 heterocycles. The fraction of sp³-hybridized carbons (Fsp3) is 0.381. The number of halogens is 3. The molecule has 26 heavy (non-hydrogen) atoms. The summed E-state index contributed by atoms with van der Waals surface area (Å²) in [5.41, 5.74) is 1.65. The molecule has 0 saturated heterocycles. The summed E-state index contributed by atoms with van der Waals surface area (Å²) in [4.78, 5) is 4.01. The number of aliphatic imine (C=N–C) groups is 1. The van der Waals surface area contributed by atoms with E-state index in [9.17, 15) is 18.3 Å². The summed E-state index contributed by atoms with van der Waals surface area (Å²) in [6.07, 6.45) is 1.34. The van der Waals surface area contributed by atoms with Gasteiger partial charge in [0.1, 0.15) is 5.75 Å². The van der Waals surface area contributed by atoms with Gasteiger partial charge >= 0.3 is 0 Å². The average Bonchev–Trinajstić information content (AvgIpc) is 2.49. The Hall–Kier alpha value is -2.30. The van der Waals surface area contributed by atoms with Crippen LogP contribution in [0.1, 0.15) is 58.2 Å². The van der Waals surface area contributed by atoms with E-state index in [1.165, 1.54) is 6.21 Å². The van der Waals surface area contributed by atoms with Crippen molar-refractivity contribution >= 4 is 11.9 Å². The number of aromatic hydroxyl groups is 1. The van der Waals surface area contributed by atoms with Crippen molar-refractivity contribution in [1.82, 2.24) is 0 Å². The first-order chi connectivity index (χ1) is 11.8. The molecule has 0 aromatic heterocycles. The van der Waals surface area contributed by atoms with Gasteiger partial charge in [0.05, 0.1) is 5.69 Å². The van der Waals surface area contributed by atoms with Crippen LogP contribution in [0.5, 0.6) is 5.75 Å². The van der Waals surface area contributed by atoms with Crippen molar-refractivity contribution in [2.45, 2.75) is 52.4 Å². The molecule has 140 valence electrons. The molecule has 0 bridgehead atoms. The minimum absolute atomic E-state index is 0.0669. The first-order valence-electron chi connectivity index (χ1n) is 8.37. The zero-order chi connectivity index (χ0) is 19.9. The summed E-state index contributed by atoms with van der Waals surface area (Å²) < 4.78 is 39.8. The monoisotopic (exact) mass is 363 g/mol. The van der Waals surface area contributed by atoms with Crippen LogP contribution < -0.4 is 0 Å². The number of nitrogens with zero attached hydrogens (tertiary/aromatic N) is 1. The van der Waals surface area contributed by atoms with Crippen molar-refractivity contribution in [1.29, 1.82) is 0 Å². The van der Waals surface area contributed by atoms with E-state index in [4.69, 9.17) is 0 Å². The summed E-state index contributed by atoms with van der Waals surface area (Å²) in [7, 11) is 0. The van der Waals surface area contributed by atoms with Crippen LogP contribution >= 0.6 is 0 Å². The van der Waals surface area contributed by atoms with E-state index in [2.05, 4.69) is 25.8 Å². The predicted molar refractivity (Wildman–Crippen MR) is 99.1 cm³/mol. The van der Waals surface area contributed by atoms with Gasteiger partial charge in [-0.1, -0.05) is 47.6 Å². The quantitative estimate of drug-likeness (QED) is 0.503. The highest BCUT2D eigenvalue weighted by Gasteiger charge is 2.24. The van der Waals surface area contributed by atoms with Crippen LogP contribution in [0.3, 0.4) is 0 Å². The summed E-state index contributed by atoms with van der Waals surface area (Å²) >= 11 is 0. The molecule has 0 amide bonds. The third kappa shape index (κ3) is 4.26. The molecular formula is C21H24F3NO. The van der Waals surface area contributed by atoms with Crippen LogP contribution in [0.25, 0.3) is 0 Å². The van der Waals surface area contributed by atoms with Crippen molar-refractivity contribution in [3.63, 3.8) is 0 Å². The molecule has 5 heteroatoms. The average molecular weight is 363 g/mol. The second kappa shape index (κ2) is 6.78. The molecule has 0 radical (unpaired) electrons. The Kier molecular flexibility index (Phi) is 5.22. The van der Waals surface area contributed by atoms with Gasteiger partial charge in [-0.2, -0.15) is 0 Å². The third-order valence-corrected chi connectivity index (χ3v) is 4.13. The molecule has 0 atom stereocenters. The Labute approximate surface area is 152 Å². The second-order valence-corrected chi connectivity index (χ2v) is 8.44. The minimum atomic E-state index is -1.53. The molecule has 0 aliphatic rings. The number of hydrogen-bond donors (Lipinski definition) is 1. The zero-order valence-corrected chi connectivity index (χ0v) is 15.9. The highest BCUT2D eigenvalue weighted by atomic mass is 19.2. The summed E-state index contributed by atoms with van der Waals surface area (Å²) in [5.74, 6) is -4.07. The molecule has 2 aromatic carbocycles. The largest absolute Gasteiger partial charge is 0.507 e. The molecule has 2 rings (SSSR count). The first kappa shape index (κ1) is 20.0. The van der Waals surface area contributed by atoms with E-state index in [1.807, 2.05) is 26.8 Å². The highest BCUT2D eigenvalue weighted by molar-refractivity contribution is 5.86. The van der Waals surface area contributed by atoms with Crippen LogP contribution in [-0.2, 0) is 10.8 Å². The first-order valence-corrected chi connectivity index (χ1v) is 8.37. The lowest BCUT2D eigenvalue weighted by Gasteiger charge is -2.26. The molecule has 0 aliphatic carbocycles. The maximum absolute atomic E-state index is 13.3. The molecule has 0 spiro atoms. The predicted octanol–water partition coefficient (Wildman–Crippen LogP) is 6.16. The van der Waals surface area contributed by atoms with Crippen LogP contribution in [-0.4, -0.2) is 11.3 Å². The topological polar surface area (TPSA) is 32.6 Å². The van der Waals surface area contributed by atoms with Gasteiger partial charge in [0.15, 0.2) is 17.5 Å². The fourth-order valence-corrected chi connectivity index (χ4v) is 2.52. The van der Waals surface area contributed by atoms with E-state index in [0.29, 0.717) is 5.56 Å². The standard InChI is InChI=1S/C21H24F3NO/c1-20(2,3)13-7-12(19(26)15(8-13)21(4,5)6)11-25-14-9-16(22)18(24)17(23)10-14/h7-11,26H,1-6H3. The van der Waals surface area contributed by atoms with Gasteiger partial charge in [0, 0.05) is 29.5 Å². The number of phenolic OH excluding ortho intramolecular Hbond substituents is 1. The van der Waals surface area contributed by atoms with Gasteiger partial charge in [0.2, 0.25) is 0 Å². The highest BCUT2D eigenvalue weighted by Crippen LogP contribution is 2.37. The Bertz CT molecular complexity index is 836. The van der Waals surface area contributed by atoms with E-state index >= 15 is 0 Å². The Balaban J connectivity index is 2.58. The molecule has 2 aromatic rings. The van der Waals surface area contributed by atoms with Crippen molar-refractivity contribution in [2.24, 2.45) is 4.99 Å². The van der Waals surface area contributed by atoms with Crippen LogP contribution in [0, 0.1) is 17.5 Å². The minimum Gasteiger partial charge on any atom is -0.507 e.